The van der Waals surface area contributed by atoms with Gasteiger partial charge in [-0.15, -0.1) is 0 Å². The summed E-state index contributed by atoms with van der Waals surface area (Å²) >= 11 is 0. The van der Waals surface area contributed by atoms with Gasteiger partial charge in [0.15, 0.2) is 5.82 Å². The molecule has 1 aromatic carbocycles. The Morgan fingerprint density at radius 3 is 2.90 bits per heavy atom. The number of nitrogens with zero attached hydrogens (tertiary/aromatic N) is 1. The first kappa shape index (κ1) is 14.5. The molecule has 0 bridgehead atoms. The maximum atomic E-state index is 14.3. The Balaban J connectivity index is 2.14. The molecule has 0 aliphatic heterocycles. The molecule has 0 aliphatic carbocycles. The van der Waals surface area contributed by atoms with Gasteiger partial charge in [-0.05, 0) is 43.7 Å². The van der Waals surface area contributed by atoms with E-state index in [1.54, 1.807) is 18.3 Å². The second-order valence-electron chi connectivity index (χ2n) is 4.68. The maximum absolute atomic E-state index is 14.3. The van der Waals surface area contributed by atoms with Crippen LogP contribution in [0.3, 0.4) is 0 Å². The highest BCUT2D eigenvalue weighted by Gasteiger charge is 2.11. The fourth-order valence-electron chi connectivity index (χ4n) is 1.86. The van der Waals surface area contributed by atoms with Crippen LogP contribution in [-0.2, 0) is 6.54 Å². The van der Waals surface area contributed by atoms with Gasteiger partial charge in [-0.25, -0.2) is 9.37 Å². The van der Waals surface area contributed by atoms with Crippen molar-refractivity contribution in [3.05, 3.63) is 53.5 Å². The zero-order valence-electron chi connectivity index (χ0n) is 11.8. The van der Waals surface area contributed by atoms with Crippen LogP contribution < -0.4 is 10.1 Å². The van der Waals surface area contributed by atoms with Gasteiger partial charge in [0, 0.05) is 18.3 Å². The lowest BCUT2D eigenvalue weighted by atomic mass is 10.2. The molecule has 0 amide bonds. The van der Waals surface area contributed by atoms with E-state index < -0.39 is 5.82 Å². The molecule has 1 N–H and O–H groups in total. The molecule has 0 fully saturated rings. The Bertz CT molecular complexity index is 572. The summed E-state index contributed by atoms with van der Waals surface area (Å²) < 4.78 is 19.8. The first-order valence-corrected chi connectivity index (χ1v) is 6.79. The number of aryl methyl sites for hydroxylation is 1. The highest BCUT2D eigenvalue weighted by atomic mass is 19.1. The second-order valence-corrected chi connectivity index (χ2v) is 4.68. The van der Waals surface area contributed by atoms with Crippen molar-refractivity contribution in [3.63, 3.8) is 0 Å². The van der Waals surface area contributed by atoms with Crippen molar-refractivity contribution >= 4 is 0 Å². The Hall–Kier alpha value is -1.94. The van der Waals surface area contributed by atoms with Gasteiger partial charge >= 0.3 is 0 Å². The van der Waals surface area contributed by atoms with E-state index in [1.165, 1.54) is 0 Å². The molecule has 4 heteroatoms. The molecular formula is C16H19FN2O. The Morgan fingerprint density at radius 2 is 2.15 bits per heavy atom. The average Bonchev–Trinajstić information content (AvgIpc) is 2.43. The standard InChI is InChI=1S/C16H19FN2O/c1-3-8-18-11-13-7-9-19-16(15(13)17)20-14-6-4-5-12(2)10-14/h4-7,9-10,18H,3,8,11H2,1-2H3. The molecule has 0 atom stereocenters. The van der Waals surface area contributed by atoms with Gasteiger partial charge in [0.05, 0.1) is 0 Å². The molecular weight excluding hydrogens is 255 g/mol. The minimum Gasteiger partial charge on any atom is -0.436 e. The van der Waals surface area contributed by atoms with Crippen molar-refractivity contribution in [2.24, 2.45) is 0 Å². The fraction of sp³-hybridized carbons (Fsp3) is 0.312. The first-order chi connectivity index (χ1) is 9.70. The molecule has 106 valence electrons. The maximum Gasteiger partial charge on any atom is 0.256 e. The summed E-state index contributed by atoms with van der Waals surface area (Å²) in [6.07, 6.45) is 2.58. The summed E-state index contributed by atoms with van der Waals surface area (Å²) in [5, 5.41) is 3.17. The van der Waals surface area contributed by atoms with E-state index >= 15 is 0 Å². The Kier molecular flexibility index (Phi) is 5.07. The zero-order valence-corrected chi connectivity index (χ0v) is 11.8. The van der Waals surface area contributed by atoms with E-state index in [1.807, 2.05) is 25.1 Å². The van der Waals surface area contributed by atoms with Crippen molar-refractivity contribution in [2.75, 3.05) is 6.54 Å². The van der Waals surface area contributed by atoms with Gasteiger partial charge in [0.2, 0.25) is 0 Å². The molecule has 0 radical (unpaired) electrons. The minimum absolute atomic E-state index is 0.0198. The molecule has 2 aromatic rings. The van der Waals surface area contributed by atoms with Crippen LogP contribution in [0.5, 0.6) is 11.6 Å². The second kappa shape index (κ2) is 7.01. The topological polar surface area (TPSA) is 34.2 Å². The summed E-state index contributed by atoms with van der Waals surface area (Å²) in [5.74, 6) is 0.207. The van der Waals surface area contributed by atoms with E-state index in [0.29, 0.717) is 17.9 Å². The van der Waals surface area contributed by atoms with Crippen molar-refractivity contribution < 1.29 is 9.13 Å². The SMILES string of the molecule is CCCNCc1ccnc(Oc2cccc(C)c2)c1F. The van der Waals surface area contributed by atoms with Gasteiger partial charge in [-0.2, -0.15) is 0 Å². The van der Waals surface area contributed by atoms with Crippen LogP contribution in [0.1, 0.15) is 24.5 Å². The third-order valence-corrected chi connectivity index (χ3v) is 2.88. The van der Waals surface area contributed by atoms with Crippen LogP contribution in [0.25, 0.3) is 0 Å². The number of benzene rings is 1. The molecule has 0 saturated heterocycles. The average molecular weight is 274 g/mol. The lowest BCUT2D eigenvalue weighted by molar-refractivity contribution is 0.417. The van der Waals surface area contributed by atoms with Crippen LogP contribution in [-0.4, -0.2) is 11.5 Å². The summed E-state index contributed by atoms with van der Waals surface area (Å²) in [4.78, 5) is 3.97. The molecule has 20 heavy (non-hydrogen) atoms. The van der Waals surface area contributed by atoms with Gasteiger partial charge in [0.25, 0.3) is 5.88 Å². The summed E-state index contributed by atoms with van der Waals surface area (Å²) in [5.41, 5.74) is 1.62. The van der Waals surface area contributed by atoms with Crippen molar-refractivity contribution in [2.45, 2.75) is 26.8 Å². The number of ether oxygens (including phenoxy) is 1. The third-order valence-electron chi connectivity index (χ3n) is 2.88. The summed E-state index contributed by atoms with van der Waals surface area (Å²) in [7, 11) is 0. The van der Waals surface area contributed by atoms with E-state index in [0.717, 1.165) is 18.5 Å². The Morgan fingerprint density at radius 1 is 1.30 bits per heavy atom. The number of hydrogen-bond donors (Lipinski definition) is 1. The summed E-state index contributed by atoms with van der Waals surface area (Å²) in [6.45, 7) is 5.37. The lowest BCUT2D eigenvalue weighted by Crippen LogP contribution is -2.15. The van der Waals surface area contributed by atoms with Gasteiger partial charge in [-0.3, -0.25) is 0 Å². The number of aromatic nitrogens is 1. The molecule has 2 rings (SSSR count). The van der Waals surface area contributed by atoms with E-state index in [9.17, 15) is 4.39 Å². The quantitative estimate of drug-likeness (QED) is 0.813. The monoisotopic (exact) mass is 274 g/mol. The van der Waals surface area contributed by atoms with Crippen molar-refractivity contribution in [1.82, 2.24) is 10.3 Å². The molecule has 0 aliphatic rings. The third kappa shape index (κ3) is 3.78. The fourth-order valence-corrected chi connectivity index (χ4v) is 1.86. The van der Waals surface area contributed by atoms with E-state index in [4.69, 9.17) is 4.74 Å². The highest BCUT2D eigenvalue weighted by Crippen LogP contribution is 2.24. The molecule has 3 nitrogen and oxygen atoms in total. The van der Waals surface area contributed by atoms with Crippen molar-refractivity contribution in [1.29, 1.82) is 0 Å². The van der Waals surface area contributed by atoms with E-state index in [2.05, 4.69) is 17.2 Å². The lowest BCUT2D eigenvalue weighted by Gasteiger charge is -2.09. The molecule has 0 saturated carbocycles. The van der Waals surface area contributed by atoms with Crippen LogP contribution in [0.15, 0.2) is 36.5 Å². The van der Waals surface area contributed by atoms with Crippen LogP contribution in [0, 0.1) is 12.7 Å². The molecule has 1 heterocycles. The molecule has 1 aromatic heterocycles. The molecule has 0 spiro atoms. The number of halogens is 1. The smallest absolute Gasteiger partial charge is 0.256 e. The van der Waals surface area contributed by atoms with Crippen LogP contribution in [0.2, 0.25) is 0 Å². The van der Waals surface area contributed by atoms with Gasteiger partial charge < -0.3 is 10.1 Å². The predicted molar refractivity (Wildman–Crippen MR) is 77.4 cm³/mol. The number of nitrogens with one attached hydrogen (secondary N) is 1. The van der Waals surface area contributed by atoms with Crippen molar-refractivity contribution in [3.8, 4) is 11.6 Å². The van der Waals surface area contributed by atoms with Gasteiger partial charge in [0.1, 0.15) is 5.75 Å². The predicted octanol–water partition coefficient (Wildman–Crippen LogP) is 3.82. The largest absolute Gasteiger partial charge is 0.436 e. The highest BCUT2D eigenvalue weighted by molar-refractivity contribution is 5.32. The molecule has 0 unspecified atom stereocenters. The summed E-state index contributed by atoms with van der Waals surface area (Å²) in [6, 6.07) is 9.14. The first-order valence-electron chi connectivity index (χ1n) is 6.79. The normalized spacial score (nSPS) is 10.6. The zero-order chi connectivity index (χ0) is 14.4. The minimum atomic E-state index is -0.405. The number of rotatable bonds is 6. The van der Waals surface area contributed by atoms with Crippen LogP contribution >= 0.6 is 0 Å². The van der Waals surface area contributed by atoms with Gasteiger partial charge in [-0.1, -0.05) is 19.1 Å². The Labute approximate surface area is 118 Å². The van der Waals surface area contributed by atoms with Crippen LogP contribution in [0.4, 0.5) is 4.39 Å². The number of hydrogen-bond acceptors (Lipinski definition) is 3. The van der Waals surface area contributed by atoms with E-state index in [-0.39, 0.29) is 5.88 Å². The number of pyridine rings is 1.